The Morgan fingerprint density at radius 2 is 2.00 bits per heavy atom. The Balaban J connectivity index is 2.33. The predicted octanol–water partition coefficient (Wildman–Crippen LogP) is 1.70. The van der Waals surface area contributed by atoms with E-state index in [-0.39, 0.29) is 29.9 Å². The predicted molar refractivity (Wildman–Crippen MR) is 50.8 cm³/mol. The third-order valence-corrected chi connectivity index (χ3v) is 2.43. The van der Waals surface area contributed by atoms with Gasteiger partial charge >= 0.3 is 0 Å². The van der Waals surface area contributed by atoms with E-state index in [4.69, 9.17) is 11.6 Å². The molecule has 3 nitrogen and oxygen atoms in total. The minimum Gasteiger partial charge on any atom is -0.311 e. The van der Waals surface area contributed by atoms with Gasteiger partial charge in [-0.3, -0.25) is 4.79 Å². The maximum atomic E-state index is 12.8. The lowest BCUT2D eigenvalue weighted by Gasteiger charge is -2.15. The molecule has 80 valence electrons. The van der Waals surface area contributed by atoms with Gasteiger partial charge in [-0.05, 0) is 0 Å². The summed E-state index contributed by atoms with van der Waals surface area (Å²) >= 11 is 5.77. The Kier molecular flexibility index (Phi) is 2.56. The Bertz CT molecular complexity index is 393. The monoisotopic (exact) mass is 232 g/mol. The number of hydrogen-bond donors (Lipinski definition) is 0. The Labute approximate surface area is 89.7 Å². The number of alkyl halides is 1. The highest BCUT2D eigenvalue weighted by atomic mass is 35.5. The number of amides is 1. The molecule has 2 heterocycles. The van der Waals surface area contributed by atoms with Crippen LogP contribution in [0.4, 0.5) is 14.5 Å². The largest absolute Gasteiger partial charge is 0.311 e. The van der Waals surface area contributed by atoms with Gasteiger partial charge in [0.15, 0.2) is 0 Å². The second-order valence-corrected chi connectivity index (χ2v) is 3.89. The molecule has 0 radical (unpaired) electrons. The highest BCUT2D eigenvalue weighted by Crippen LogP contribution is 2.24. The van der Waals surface area contributed by atoms with E-state index in [1.807, 2.05) is 0 Å². The first-order valence-corrected chi connectivity index (χ1v) is 4.77. The third-order valence-electron chi connectivity index (χ3n) is 2.14. The Morgan fingerprint density at radius 3 is 2.47 bits per heavy atom. The summed E-state index contributed by atoms with van der Waals surface area (Å²) in [6.45, 7) is 0.267. The van der Waals surface area contributed by atoms with Gasteiger partial charge in [-0.15, -0.1) is 11.6 Å². The molecule has 1 saturated heterocycles. The molecular formula is C9H7ClF2N2O. The molecule has 0 N–H and O–H groups in total. The molecule has 1 aliphatic heterocycles. The standard InChI is InChI=1S/C9H7ClF2N2O/c10-5-1-9(15)14(4-5)6-2-7(11)13-8(12)3-6/h2-3,5H,1,4H2. The maximum Gasteiger partial charge on any atom is 0.228 e. The number of rotatable bonds is 1. The normalized spacial score (nSPS) is 21.1. The zero-order chi connectivity index (χ0) is 11.0. The molecule has 1 amide bonds. The SMILES string of the molecule is O=C1CC(Cl)CN1c1cc(F)nc(F)c1. The molecule has 6 heteroatoms. The van der Waals surface area contributed by atoms with Crippen LogP contribution >= 0.6 is 11.6 Å². The van der Waals surface area contributed by atoms with Crippen LogP contribution in [-0.2, 0) is 4.79 Å². The van der Waals surface area contributed by atoms with E-state index in [0.717, 1.165) is 12.1 Å². The lowest BCUT2D eigenvalue weighted by Crippen LogP contribution is -2.25. The highest BCUT2D eigenvalue weighted by Gasteiger charge is 2.29. The van der Waals surface area contributed by atoms with E-state index in [0.29, 0.717) is 0 Å². The minimum absolute atomic E-state index is 0.160. The lowest BCUT2D eigenvalue weighted by molar-refractivity contribution is -0.117. The molecule has 0 saturated carbocycles. The van der Waals surface area contributed by atoms with Gasteiger partial charge in [0.1, 0.15) is 0 Å². The lowest BCUT2D eigenvalue weighted by atomic mass is 10.3. The molecule has 2 rings (SSSR count). The van der Waals surface area contributed by atoms with Gasteiger partial charge < -0.3 is 4.90 Å². The van der Waals surface area contributed by atoms with Crippen LogP contribution < -0.4 is 4.90 Å². The van der Waals surface area contributed by atoms with Crippen LogP contribution in [-0.4, -0.2) is 22.8 Å². The van der Waals surface area contributed by atoms with Crippen LogP contribution in [0.25, 0.3) is 0 Å². The second kappa shape index (κ2) is 3.73. The topological polar surface area (TPSA) is 33.2 Å². The molecule has 15 heavy (non-hydrogen) atoms. The van der Waals surface area contributed by atoms with Gasteiger partial charge in [0.05, 0.1) is 11.1 Å². The van der Waals surface area contributed by atoms with Crippen LogP contribution in [0.1, 0.15) is 6.42 Å². The first kappa shape index (κ1) is 10.3. The van der Waals surface area contributed by atoms with Crippen molar-refractivity contribution in [2.24, 2.45) is 0 Å². The van der Waals surface area contributed by atoms with E-state index in [9.17, 15) is 13.6 Å². The number of hydrogen-bond acceptors (Lipinski definition) is 2. The van der Waals surface area contributed by atoms with Crippen LogP contribution in [0.2, 0.25) is 0 Å². The molecule has 1 aromatic rings. The number of anilines is 1. The zero-order valence-corrected chi connectivity index (χ0v) is 8.34. The van der Waals surface area contributed by atoms with Crippen molar-refractivity contribution in [3.8, 4) is 0 Å². The van der Waals surface area contributed by atoms with Crippen molar-refractivity contribution in [3.05, 3.63) is 24.0 Å². The van der Waals surface area contributed by atoms with Crippen molar-refractivity contribution >= 4 is 23.2 Å². The quantitative estimate of drug-likeness (QED) is 0.546. The van der Waals surface area contributed by atoms with Crippen LogP contribution in [0.5, 0.6) is 0 Å². The Morgan fingerprint density at radius 1 is 1.40 bits per heavy atom. The molecule has 1 aliphatic rings. The molecule has 0 bridgehead atoms. The first-order valence-electron chi connectivity index (χ1n) is 4.34. The van der Waals surface area contributed by atoms with Gasteiger partial charge in [-0.1, -0.05) is 0 Å². The number of nitrogens with zero attached hydrogens (tertiary/aromatic N) is 2. The fraction of sp³-hybridized carbons (Fsp3) is 0.333. The summed E-state index contributed by atoms with van der Waals surface area (Å²) in [5.74, 6) is -2.13. The van der Waals surface area contributed by atoms with Crippen molar-refractivity contribution in [1.82, 2.24) is 4.98 Å². The summed E-state index contributed by atoms with van der Waals surface area (Å²) < 4.78 is 25.6. The number of pyridine rings is 1. The number of halogens is 3. The van der Waals surface area contributed by atoms with E-state index in [1.54, 1.807) is 0 Å². The number of carbonyl (C=O) groups is 1. The number of aromatic nitrogens is 1. The fourth-order valence-electron chi connectivity index (χ4n) is 1.52. The maximum absolute atomic E-state index is 12.8. The Hall–Kier alpha value is -1.23. The first-order chi connectivity index (χ1) is 7.06. The molecule has 1 unspecified atom stereocenters. The van der Waals surface area contributed by atoms with E-state index >= 15 is 0 Å². The van der Waals surface area contributed by atoms with Gasteiger partial charge in [0.25, 0.3) is 0 Å². The molecule has 0 spiro atoms. The summed E-state index contributed by atoms with van der Waals surface area (Å²) in [6.07, 6.45) is 0.188. The minimum atomic E-state index is -0.948. The molecule has 1 atom stereocenters. The average Bonchev–Trinajstić information content (AvgIpc) is 2.43. The highest BCUT2D eigenvalue weighted by molar-refractivity contribution is 6.24. The van der Waals surface area contributed by atoms with Crippen LogP contribution in [0, 0.1) is 11.9 Å². The number of carbonyl (C=O) groups excluding carboxylic acids is 1. The van der Waals surface area contributed by atoms with Crippen molar-refractivity contribution in [1.29, 1.82) is 0 Å². The third kappa shape index (κ3) is 2.07. The van der Waals surface area contributed by atoms with E-state index in [2.05, 4.69) is 4.98 Å². The van der Waals surface area contributed by atoms with Gasteiger partial charge in [0.2, 0.25) is 17.8 Å². The van der Waals surface area contributed by atoms with E-state index < -0.39 is 11.9 Å². The molecule has 1 fully saturated rings. The van der Waals surface area contributed by atoms with Crippen molar-refractivity contribution < 1.29 is 13.6 Å². The van der Waals surface area contributed by atoms with Crippen molar-refractivity contribution in [2.45, 2.75) is 11.8 Å². The van der Waals surface area contributed by atoms with Crippen LogP contribution in [0.15, 0.2) is 12.1 Å². The van der Waals surface area contributed by atoms with Gasteiger partial charge in [-0.25, -0.2) is 0 Å². The molecular weight excluding hydrogens is 226 g/mol. The van der Waals surface area contributed by atoms with E-state index in [1.165, 1.54) is 4.90 Å². The van der Waals surface area contributed by atoms with Gasteiger partial charge in [0, 0.05) is 25.1 Å². The summed E-state index contributed by atoms with van der Waals surface area (Å²) in [4.78, 5) is 15.6. The zero-order valence-electron chi connectivity index (χ0n) is 7.58. The molecule has 1 aromatic heterocycles. The van der Waals surface area contributed by atoms with Crippen molar-refractivity contribution in [3.63, 3.8) is 0 Å². The van der Waals surface area contributed by atoms with Gasteiger partial charge in [-0.2, -0.15) is 13.8 Å². The molecule has 0 aromatic carbocycles. The van der Waals surface area contributed by atoms with Crippen molar-refractivity contribution in [2.75, 3.05) is 11.4 Å². The molecule has 0 aliphatic carbocycles. The van der Waals surface area contributed by atoms with Crippen LogP contribution in [0.3, 0.4) is 0 Å². The average molecular weight is 233 g/mol. The fourth-order valence-corrected chi connectivity index (χ4v) is 1.79. The summed E-state index contributed by atoms with van der Waals surface area (Å²) in [6, 6.07) is 2.02. The second-order valence-electron chi connectivity index (χ2n) is 3.28. The summed E-state index contributed by atoms with van der Waals surface area (Å²) in [7, 11) is 0. The smallest absolute Gasteiger partial charge is 0.228 e. The summed E-state index contributed by atoms with van der Waals surface area (Å²) in [5, 5.41) is -0.309. The summed E-state index contributed by atoms with van der Waals surface area (Å²) in [5.41, 5.74) is 0.160.